The number of hydrogen-bond donors (Lipinski definition) is 2. The van der Waals surface area contributed by atoms with Crippen molar-refractivity contribution in [3.63, 3.8) is 0 Å². The molecule has 0 spiro atoms. The van der Waals surface area contributed by atoms with Crippen molar-refractivity contribution in [1.29, 1.82) is 5.26 Å². The maximum absolute atomic E-state index is 11.9. The number of unbranched alkanes of at least 4 members (excludes halogenated alkanes) is 2. The zero-order chi connectivity index (χ0) is 21.2. The minimum Gasteiger partial charge on any atom is -0.507 e. The predicted molar refractivity (Wildman–Crippen MR) is 100 cm³/mol. The topological polar surface area (TPSA) is 137 Å². The maximum Gasteiger partial charge on any atom is 0.342 e. The van der Waals surface area contributed by atoms with Crippen LogP contribution in [-0.2, 0) is 25.7 Å². The van der Waals surface area contributed by atoms with Crippen molar-refractivity contribution in [3.8, 4) is 11.8 Å². The van der Waals surface area contributed by atoms with Crippen molar-refractivity contribution < 1.29 is 29.0 Å². The fourth-order valence-corrected chi connectivity index (χ4v) is 2.71. The van der Waals surface area contributed by atoms with Crippen molar-refractivity contribution in [2.24, 2.45) is 0 Å². The van der Waals surface area contributed by atoms with Crippen LogP contribution in [0.5, 0.6) is 5.75 Å². The molecule has 0 aliphatic carbocycles. The molecule has 1 aromatic carbocycles. The molecule has 0 saturated heterocycles. The van der Waals surface area contributed by atoms with E-state index in [9.17, 15) is 24.3 Å². The number of phenols is 1. The number of ether oxygens (including phenoxy) is 1. The molecule has 0 fully saturated rings. The normalized spacial score (nSPS) is 12.7. The lowest BCUT2D eigenvalue weighted by atomic mass is 10.1. The average Bonchev–Trinajstić information content (AvgIpc) is 3.02. The number of rotatable bonds is 10. The highest BCUT2D eigenvalue weighted by atomic mass is 16.5. The number of hydrogen-bond acceptors (Lipinski definition) is 7. The zero-order valence-corrected chi connectivity index (χ0v) is 15.7. The number of nitrogens with zero attached hydrogens (tertiary/aromatic N) is 2. The Morgan fingerprint density at radius 1 is 1.14 bits per heavy atom. The first-order valence-electron chi connectivity index (χ1n) is 9.08. The van der Waals surface area contributed by atoms with Crippen molar-refractivity contribution >= 4 is 23.7 Å². The third-order valence-electron chi connectivity index (χ3n) is 4.23. The predicted octanol–water partition coefficient (Wildman–Crippen LogP) is 1.17. The Balaban J connectivity index is 1.66. The minimum atomic E-state index is -0.798. The second-order valence-corrected chi connectivity index (χ2v) is 6.33. The summed E-state index contributed by atoms with van der Waals surface area (Å²) in [5.74, 6) is -1.87. The number of carbonyl (C=O) groups excluding carboxylic acids is 4. The molecule has 152 valence electrons. The molecular weight excluding hydrogens is 378 g/mol. The van der Waals surface area contributed by atoms with Crippen LogP contribution >= 0.6 is 0 Å². The number of imide groups is 1. The van der Waals surface area contributed by atoms with Crippen LogP contribution in [0, 0.1) is 11.3 Å². The van der Waals surface area contributed by atoms with Crippen LogP contribution < -0.4 is 5.32 Å². The molecule has 0 radical (unpaired) electrons. The Kier molecular flexibility index (Phi) is 7.91. The Bertz CT molecular complexity index is 853. The number of nitriles is 1. The van der Waals surface area contributed by atoms with Crippen molar-refractivity contribution in [2.75, 3.05) is 13.2 Å². The van der Waals surface area contributed by atoms with Gasteiger partial charge < -0.3 is 15.2 Å². The van der Waals surface area contributed by atoms with E-state index in [1.165, 1.54) is 29.2 Å². The molecule has 0 unspecified atom stereocenters. The molecule has 1 aliphatic rings. The molecule has 1 aromatic rings. The number of amides is 3. The Morgan fingerprint density at radius 2 is 1.86 bits per heavy atom. The van der Waals surface area contributed by atoms with Crippen molar-refractivity contribution in [1.82, 2.24) is 10.2 Å². The molecule has 2 N–H and O–H groups in total. The SMILES string of the molecule is N#CCOC(=O)c1ccc(CNC(=O)CCCCCN2C(=O)C=CC2=O)cc1O. The summed E-state index contributed by atoms with van der Waals surface area (Å²) in [4.78, 5) is 47.5. The molecule has 2 rings (SSSR count). The number of phenolic OH excluding ortho intramolecular Hbond substituents is 1. The molecule has 3 amide bonds. The van der Waals surface area contributed by atoms with Gasteiger partial charge in [0.2, 0.25) is 5.91 Å². The minimum absolute atomic E-state index is 0.0551. The van der Waals surface area contributed by atoms with Gasteiger partial charge in [-0.3, -0.25) is 19.3 Å². The van der Waals surface area contributed by atoms with Gasteiger partial charge in [-0.15, -0.1) is 0 Å². The third kappa shape index (κ3) is 6.46. The number of esters is 1. The average molecular weight is 399 g/mol. The van der Waals surface area contributed by atoms with Crippen LogP contribution in [0.15, 0.2) is 30.4 Å². The van der Waals surface area contributed by atoms with Crippen LogP contribution in [0.2, 0.25) is 0 Å². The summed E-state index contributed by atoms with van der Waals surface area (Å²) in [6.07, 6.45) is 4.73. The van der Waals surface area contributed by atoms with Gasteiger partial charge in [0.25, 0.3) is 11.8 Å². The van der Waals surface area contributed by atoms with E-state index in [4.69, 9.17) is 5.26 Å². The summed E-state index contributed by atoms with van der Waals surface area (Å²) >= 11 is 0. The highest BCUT2D eigenvalue weighted by Gasteiger charge is 2.22. The summed E-state index contributed by atoms with van der Waals surface area (Å²) in [7, 11) is 0. The first kappa shape index (κ1) is 21.6. The van der Waals surface area contributed by atoms with E-state index in [-0.39, 0.29) is 35.6 Å². The largest absolute Gasteiger partial charge is 0.507 e. The van der Waals surface area contributed by atoms with Gasteiger partial charge >= 0.3 is 5.97 Å². The Labute approximate surface area is 167 Å². The molecule has 9 heteroatoms. The van der Waals surface area contributed by atoms with Gasteiger partial charge in [0.15, 0.2) is 6.61 Å². The number of benzene rings is 1. The summed E-state index contributed by atoms with van der Waals surface area (Å²) in [6.45, 7) is 0.120. The van der Waals surface area contributed by atoms with Crippen LogP contribution in [-0.4, -0.2) is 46.8 Å². The Hall–Kier alpha value is -3.67. The van der Waals surface area contributed by atoms with Gasteiger partial charge in [0, 0.05) is 31.7 Å². The summed E-state index contributed by atoms with van der Waals surface area (Å²) in [5, 5.41) is 21.0. The lowest BCUT2D eigenvalue weighted by Gasteiger charge is -2.13. The second-order valence-electron chi connectivity index (χ2n) is 6.33. The van der Waals surface area contributed by atoms with Crippen molar-refractivity contribution in [2.45, 2.75) is 32.2 Å². The van der Waals surface area contributed by atoms with Gasteiger partial charge in [-0.1, -0.05) is 12.5 Å². The number of nitrogens with one attached hydrogen (secondary N) is 1. The molecule has 1 heterocycles. The first-order valence-corrected chi connectivity index (χ1v) is 9.08. The molecule has 0 aromatic heterocycles. The van der Waals surface area contributed by atoms with Crippen LogP contribution in [0.4, 0.5) is 0 Å². The zero-order valence-electron chi connectivity index (χ0n) is 15.7. The van der Waals surface area contributed by atoms with Gasteiger partial charge in [0.1, 0.15) is 17.4 Å². The highest BCUT2D eigenvalue weighted by molar-refractivity contribution is 6.12. The van der Waals surface area contributed by atoms with E-state index in [0.29, 0.717) is 37.8 Å². The van der Waals surface area contributed by atoms with E-state index in [2.05, 4.69) is 10.1 Å². The lowest BCUT2D eigenvalue weighted by Crippen LogP contribution is -2.30. The van der Waals surface area contributed by atoms with Crippen LogP contribution in [0.1, 0.15) is 41.6 Å². The van der Waals surface area contributed by atoms with E-state index < -0.39 is 12.6 Å². The smallest absolute Gasteiger partial charge is 0.342 e. The summed E-state index contributed by atoms with van der Waals surface area (Å²) in [6, 6.07) is 5.95. The molecule has 1 aliphatic heterocycles. The van der Waals surface area contributed by atoms with Crippen molar-refractivity contribution in [3.05, 3.63) is 41.5 Å². The quantitative estimate of drug-likeness (QED) is 0.342. The van der Waals surface area contributed by atoms with E-state index in [0.717, 1.165) is 0 Å². The maximum atomic E-state index is 11.9. The summed E-state index contributed by atoms with van der Waals surface area (Å²) in [5.41, 5.74) is 0.548. The Morgan fingerprint density at radius 3 is 2.52 bits per heavy atom. The van der Waals surface area contributed by atoms with Gasteiger partial charge in [-0.25, -0.2) is 4.79 Å². The molecule has 0 saturated carbocycles. The molecule has 29 heavy (non-hydrogen) atoms. The number of carbonyl (C=O) groups is 4. The fourth-order valence-electron chi connectivity index (χ4n) is 2.71. The third-order valence-corrected chi connectivity index (χ3v) is 4.23. The molecule has 0 bridgehead atoms. The van der Waals surface area contributed by atoms with Gasteiger partial charge in [-0.2, -0.15) is 5.26 Å². The van der Waals surface area contributed by atoms with Crippen LogP contribution in [0.25, 0.3) is 0 Å². The van der Waals surface area contributed by atoms with E-state index in [1.807, 2.05) is 0 Å². The molecule has 0 atom stereocenters. The van der Waals surface area contributed by atoms with Crippen LogP contribution in [0.3, 0.4) is 0 Å². The van der Waals surface area contributed by atoms with E-state index in [1.54, 1.807) is 12.1 Å². The standard InChI is InChI=1S/C20H21N3O6/c21-9-11-29-20(28)15-6-5-14(12-16(15)24)13-22-17(25)4-2-1-3-10-23-18(26)7-8-19(23)27/h5-8,12,24H,1-4,10-11,13H2,(H,22,25). The lowest BCUT2D eigenvalue weighted by molar-refractivity contribution is -0.137. The molecular formula is C20H21N3O6. The van der Waals surface area contributed by atoms with Gasteiger partial charge in [-0.05, 0) is 30.5 Å². The van der Waals surface area contributed by atoms with E-state index >= 15 is 0 Å². The second kappa shape index (κ2) is 10.6. The number of aromatic hydroxyl groups is 1. The summed E-state index contributed by atoms with van der Waals surface area (Å²) < 4.78 is 4.63. The monoisotopic (exact) mass is 399 g/mol. The molecule has 9 nitrogen and oxygen atoms in total. The highest BCUT2D eigenvalue weighted by Crippen LogP contribution is 2.20. The van der Waals surface area contributed by atoms with Gasteiger partial charge in [0.05, 0.1) is 0 Å². The first-order chi connectivity index (χ1) is 13.9. The fraction of sp³-hybridized carbons (Fsp3) is 0.350.